The first kappa shape index (κ1) is 20.6. The highest BCUT2D eigenvalue weighted by atomic mass is 35.5. The SMILES string of the molecule is COc1ccc(Cl)cc1CS(=O)(=O)N1CCN(C(=O)c2ccc(F)cc2)CC1. The summed E-state index contributed by atoms with van der Waals surface area (Å²) in [4.78, 5) is 14.1. The van der Waals surface area contributed by atoms with Gasteiger partial charge in [-0.2, -0.15) is 4.31 Å². The molecule has 1 aliphatic rings. The molecule has 0 unspecified atom stereocenters. The molecule has 0 N–H and O–H groups in total. The van der Waals surface area contributed by atoms with E-state index in [9.17, 15) is 17.6 Å². The number of carbonyl (C=O) groups is 1. The van der Waals surface area contributed by atoms with E-state index in [0.717, 1.165) is 0 Å². The number of benzene rings is 2. The molecule has 150 valence electrons. The van der Waals surface area contributed by atoms with E-state index in [0.29, 0.717) is 21.9 Å². The molecule has 0 bridgehead atoms. The van der Waals surface area contributed by atoms with Crippen molar-refractivity contribution in [1.82, 2.24) is 9.21 Å². The van der Waals surface area contributed by atoms with Crippen LogP contribution in [-0.4, -0.2) is 56.8 Å². The van der Waals surface area contributed by atoms with Gasteiger partial charge in [0, 0.05) is 42.3 Å². The van der Waals surface area contributed by atoms with Crippen LogP contribution in [0.3, 0.4) is 0 Å². The molecule has 2 aromatic carbocycles. The van der Waals surface area contributed by atoms with Crippen molar-refractivity contribution in [2.24, 2.45) is 0 Å². The van der Waals surface area contributed by atoms with E-state index in [1.54, 1.807) is 23.1 Å². The minimum atomic E-state index is -3.60. The maximum atomic E-state index is 13.0. The van der Waals surface area contributed by atoms with Crippen LogP contribution in [0.1, 0.15) is 15.9 Å². The number of rotatable bonds is 5. The third-order valence-corrected chi connectivity index (χ3v) is 6.65. The van der Waals surface area contributed by atoms with Gasteiger partial charge in [0.2, 0.25) is 10.0 Å². The molecule has 0 atom stereocenters. The number of amides is 1. The summed E-state index contributed by atoms with van der Waals surface area (Å²) < 4.78 is 45.2. The number of methoxy groups -OCH3 is 1. The van der Waals surface area contributed by atoms with Gasteiger partial charge >= 0.3 is 0 Å². The van der Waals surface area contributed by atoms with Gasteiger partial charge in [-0.25, -0.2) is 12.8 Å². The van der Waals surface area contributed by atoms with Gasteiger partial charge in [0.15, 0.2) is 0 Å². The van der Waals surface area contributed by atoms with Crippen LogP contribution in [0.25, 0.3) is 0 Å². The number of sulfonamides is 1. The lowest BCUT2D eigenvalue weighted by Gasteiger charge is -2.34. The molecule has 0 aliphatic carbocycles. The van der Waals surface area contributed by atoms with Gasteiger partial charge in [0.1, 0.15) is 11.6 Å². The third-order valence-electron chi connectivity index (χ3n) is 4.59. The molecule has 1 heterocycles. The quantitative estimate of drug-likeness (QED) is 0.737. The summed E-state index contributed by atoms with van der Waals surface area (Å²) in [6.07, 6.45) is 0. The fourth-order valence-corrected chi connectivity index (χ4v) is 4.81. The highest BCUT2D eigenvalue weighted by Crippen LogP contribution is 2.26. The maximum absolute atomic E-state index is 13.0. The maximum Gasteiger partial charge on any atom is 0.253 e. The molecular weight excluding hydrogens is 407 g/mol. The van der Waals surface area contributed by atoms with Crippen LogP contribution in [0, 0.1) is 5.82 Å². The summed E-state index contributed by atoms with van der Waals surface area (Å²) in [5.74, 6) is -0.432. The van der Waals surface area contributed by atoms with Gasteiger partial charge in [0.05, 0.1) is 12.9 Å². The van der Waals surface area contributed by atoms with Crippen LogP contribution in [0.2, 0.25) is 5.02 Å². The zero-order valence-electron chi connectivity index (χ0n) is 15.3. The summed E-state index contributed by atoms with van der Waals surface area (Å²) in [7, 11) is -2.13. The fourth-order valence-electron chi connectivity index (χ4n) is 3.09. The summed E-state index contributed by atoms with van der Waals surface area (Å²) in [6.45, 7) is 0.917. The number of ether oxygens (including phenoxy) is 1. The van der Waals surface area contributed by atoms with Crippen LogP contribution in [-0.2, 0) is 15.8 Å². The lowest BCUT2D eigenvalue weighted by molar-refractivity contribution is 0.0697. The molecule has 2 aromatic rings. The first-order valence-electron chi connectivity index (χ1n) is 8.65. The third kappa shape index (κ3) is 4.63. The number of piperazine rings is 1. The van der Waals surface area contributed by atoms with E-state index in [-0.39, 0.29) is 37.8 Å². The number of halogens is 2. The van der Waals surface area contributed by atoms with Crippen molar-refractivity contribution >= 4 is 27.5 Å². The lowest BCUT2D eigenvalue weighted by atomic mass is 10.2. The highest BCUT2D eigenvalue weighted by molar-refractivity contribution is 7.88. The van der Waals surface area contributed by atoms with Gasteiger partial charge in [-0.05, 0) is 42.5 Å². The van der Waals surface area contributed by atoms with Crippen molar-refractivity contribution in [3.63, 3.8) is 0 Å². The predicted octanol–water partition coefficient (Wildman–Crippen LogP) is 2.78. The number of nitrogens with zero attached hydrogens (tertiary/aromatic N) is 2. The number of hydrogen-bond acceptors (Lipinski definition) is 4. The second kappa shape index (κ2) is 8.46. The van der Waals surface area contributed by atoms with Crippen molar-refractivity contribution < 1.29 is 22.3 Å². The average molecular weight is 427 g/mol. The Balaban J connectivity index is 1.66. The van der Waals surface area contributed by atoms with Gasteiger partial charge in [-0.3, -0.25) is 4.79 Å². The molecule has 1 amide bonds. The van der Waals surface area contributed by atoms with Crippen LogP contribution >= 0.6 is 11.6 Å². The zero-order valence-corrected chi connectivity index (χ0v) is 16.8. The smallest absolute Gasteiger partial charge is 0.253 e. The summed E-state index contributed by atoms with van der Waals surface area (Å²) in [5, 5.41) is 0.431. The summed E-state index contributed by atoms with van der Waals surface area (Å²) in [6, 6.07) is 10.1. The van der Waals surface area contributed by atoms with Crippen molar-refractivity contribution in [3.8, 4) is 5.75 Å². The van der Waals surface area contributed by atoms with E-state index in [2.05, 4.69) is 0 Å². The zero-order chi connectivity index (χ0) is 20.3. The Morgan fingerprint density at radius 1 is 1.11 bits per heavy atom. The molecule has 1 aliphatic heterocycles. The molecule has 0 aromatic heterocycles. The number of carbonyl (C=O) groups excluding carboxylic acids is 1. The molecule has 0 spiro atoms. The van der Waals surface area contributed by atoms with E-state index in [4.69, 9.17) is 16.3 Å². The van der Waals surface area contributed by atoms with Crippen molar-refractivity contribution in [1.29, 1.82) is 0 Å². The van der Waals surface area contributed by atoms with Gasteiger partial charge in [0.25, 0.3) is 5.91 Å². The molecule has 3 rings (SSSR count). The Morgan fingerprint density at radius 2 is 1.75 bits per heavy atom. The predicted molar refractivity (Wildman–Crippen MR) is 105 cm³/mol. The van der Waals surface area contributed by atoms with Crippen LogP contribution in [0.4, 0.5) is 4.39 Å². The number of hydrogen-bond donors (Lipinski definition) is 0. The average Bonchev–Trinajstić information content (AvgIpc) is 2.68. The second-order valence-electron chi connectivity index (χ2n) is 6.41. The second-order valence-corrected chi connectivity index (χ2v) is 8.82. The topological polar surface area (TPSA) is 66.9 Å². The first-order chi connectivity index (χ1) is 13.3. The van der Waals surface area contributed by atoms with Crippen LogP contribution in [0.5, 0.6) is 5.75 Å². The van der Waals surface area contributed by atoms with Crippen molar-refractivity contribution in [2.45, 2.75) is 5.75 Å². The first-order valence-corrected chi connectivity index (χ1v) is 10.6. The van der Waals surface area contributed by atoms with Crippen LogP contribution < -0.4 is 4.74 Å². The minimum absolute atomic E-state index is 0.193. The largest absolute Gasteiger partial charge is 0.496 e. The standard InChI is InChI=1S/C19H20ClFN2O4S/c1-27-18-7-4-16(20)12-15(18)13-28(25,26)23-10-8-22(9-11-23)19(24)14-2-5-17(21)6-3-14/h2-7,12H,8-11,13H2,1H3. The van der Waals surface area contributed by atoms with E-state index >= 15 is 0 Å². The van der Waals surface area contributed by atoms with E-state index < -0.39 is 15.8 Å². The minimum Gasteiger partial charge on any atom is -0.496 e. The van der Waals surface area contributed by atoms with E-state index in [1.165, 1.54) is 35.7 Å². The Kier molecular flexibility index (Phi) is 6.22. The van der Waals surface area contributed by atoms with Crippen molar-refractivity contribution in [2.75, 3.05) is 33.3 Å². The highest BCUT2D eigenvalue weighted by Gasteiger charge is 2.30. The van der Waals surface area contributed by atoms with Crippen LogP contribution in [0.15, 0.2) is 42.5 Å². The van der Waals surface area contributed by atoms with E-state index in [1.807, 2.05) is 0 Å². The normalized spacial score (nSPS) is 15.5. The summed E-state index contributed by atoms with van der Waals surface area (Å²) >= 11 is 5.98. The molecule has 1 fully saturated rings. The Hall–Kier alpha value is -2.16. The fraction of sp³-hybridized carbons (Fsp3) is 0.316. The molecule has 1 saturated heterocycles. The molecular formula is C19H20ClFN2O4S. The van der Waals surface area contributed by atoms with Gasteiger partial charge in [-0.1, -0.05) is 11.6 Å². The Morgan fingerprint density at radius 3 is 2.36 bits per heavy atom. The monoisotopic (exact) mass is 426 g/mol. The van der Waals surface area contributed by atoms with Gasteiger partial charge < -0.3 is 9.64 Å². The Labute approximate surface area is 168 Å². The molecule has 9 heteroatoms. The lowest BCUT2D eigenvalue weighted by Crippen LogP contribution is -2.50. The van der Waals surface area contributed by atoms with Gasteiger partial charge in [-0.15, -0.1) is 0 Å². The molecule has 6 nitrogen and oxygen atoms in total. The summed E-state index contributed by atoms with van der Waals surface area (Å²) in [5.41, 5.74) is 0.862. The molecule has 28 heavy (non-hydrogen) atoms. The van der Waals surface area contributed by atoms with Crippen molar-refractivity contribution in [3.05, 3.63) is 64.4 Å². The molecule has 0 saturated carbocycles. The molecule has 0 radical (unpaired) electrons. The Bertz CT molecular complexity index is 958.